The van der Waals surface area contributed by atoms with Crippen LogP contribution in [0.3, 0.4) is 0 Å². The molecule has 0 saturated carbocycles. The van der Waals surface area contributed by atoms with E-state index >= 15 is 0 Å². The minimum atomic E-state index is -0.383. The van der Waals surface area contributed by atoms with Gasteiger partial charge in [-0.15, -0.1) is 16.4 Å². The molecule has 7 nitrogen and oxygen atoms in total. The van der Waals surface area contributed by atoms with Crippen LogP contribution >= 0.6 is 11.3 Å². The minimum Gasteiger partial charge on any atom is -0.324 e. The van der Waals surface area contributed by atoms with Gasteiger partial charge in [-0.1, -0.05) is 17.7 Å². The molecule has 0 bridgehead atoms. The number of thiophene rings is 1. The summed E-state index contributed by atoms with van der Waals surface area (Å²) < 4.78 is 3.34. The van der Waals surface area contributed by atoms with Crippen molar-refractivity contribution in [3.63, 3.8) is 0 Å². The van der Waals surface area contributed by atoms with E-state index in [-0.39, 0.29) is 18.1 Å². The number of rotatable bonds is 3. The van der Waals surface area contributed by atoms with Gasteiger partial charge in [0.1, 0.15) is 12.9 Å². The summed E-state index contributed by atoms with van der Waals surface area (Å²) in [4.78, 5) is 28.8. The van der Waals surface area contributed by atoms with E-state index in [1.165, 1.54) is 22.1 Å². The summed E-state index contributed by atoms with van der Waals surface area (Å²) in [7, 11) is 0. The number of amides is 1. The van der Waals surface area contributed by atoms with Gasteiger partial charge in [0.05, 0.1) is 10.2 Å². The first-order chi connectivity index (χ1) is 11.6. The van der Waals surface area contributed by atoms with E-state index in [1.807, 2.05) is 42.6 Å². The summed E-state index contributed by atoms with van der Waals surface area (Å²) in [6, 6.07) is 9.32. The molecule has 24 heavy (non-hydrogen) atoms. The van der Waals surface area contributed by atoms with Crippen LogP contribution in [0, 0.1) is 6.92 Å². The van der Waals surface area contributed by atoms with Gasteiger partial charge < -0.3 is 5.32 Å². The van der Waals surface area contributed by atoms with Crippen molar-refractivity contribution in [2.75, 3.05) is 5.32 Å². The number of benzene rings is 1. The van der Waals surface area contributed by atoms with Crippen LogP contribution in [0.25, 0.3) is 15.9 Å². The van der Waals surface area contributed by atoms with E-state index in [9.17, 15) is 9.59 Å². The van der Waals surface area contributed by atoms with Gasteiger partial charge in [-0.2, -0.15) is 0 Å². The summed E-state index contributed by atoms with van der Waals surface area (Å²) in [5.74, 6) is -0.306. The molecule has 0 fully saturated rings. The van der Waals surface area contributed by atoms with Gasteiger partial charge in [0.25, 0.3) is 0 Å². The lowest BCUT2D eigenvalue weighted by atomic mass is 10.2. The van der Waals surface area contributed by atoms with Crippen molar-refractivity contribution >= 4 is 38.8 Å². The highest BCUT2D eigenvalue weighted by Gasteiger charge is 2.14. The Hall–Kier alpha value is -3.00. The Morgan fingerprint density at radius 1 is 1.25 bits per heavy atom. The molecule has 1 amide bonds. The van der Waals surface area contributed by atoms with Crippen molar-refractivity contribution in [2.45, 2.75) is 13.5 Å². The molecule has 0 aliphatic heterocycles. The summed E-state index contributed by atoms with van der Waals surface area (Å²) in [5.41, 5.74) is 2.71. The second-order valence-corrected chi connectivity index (χ2v) is 6.34. The molecule has 4 aromatic rings. The maximum Gasteiger partial charge on any atom is 0.352 e. The van der Waals surface area contributed by atoms with Crippen molar-refractivity contribution in [1.29, 1.82) is 0 Å². The Bertz CT molecular complexity index is 1110. The molecule has 3 aromatic heterocycles. The second-order valence-electron chi connectivity index (χ2n) is 5.43. The van der Waals surface area contributed by atoms with Gasteiger partial charge >= 0.3 is 5.69 Å². The molecule has 0 spiro atoms. The molecule has 1 N–H and O–H groups in total. The monoisotopic (exact) mass is 339 g/mol. The highest BCUT2D eigenvalue weighted by atomic mass is 32.1. The molecule has 3 heterocycles. The van der Waals surface area contributed by atoms with Crippen molar-refractivity contribution in [3.8, 4) is 0 Å². The molecule has 0 aliphatic rings. The standard InChI is InChI=1S/C16H13N5O2S/c1-10-2-4-11(5-3-10)18-13(22)8-21-16(23)20-9-17-12-6-7-24-14(12)15(20)19-21/h2-7,9H,8H2,1H3,(H,18,22). The number of carbonyl (C=O) groups is 1. The third-order valence-corrected chi connectivity index (χ3v) is 4.56. The van der Waals surface area contributed by atoms with Gasteiger partial charge in [0.15, 0.2) is 5.65 Å². The summed E-state index contributed by atoms with van der Waals surface area (Å²) >= 11 is 1.46. The highest BCUT2D eigenvalue weighted by Crippen LogP contribution is 2.21. The number of hydrogen-bond donors (Lipinski definition) is 1. The van der Waals surface area contributed by atoms with Crippen LogP contribution in [0.2, 0.25) is 0 Å². The molecule has 1 aromatic carbocycles. The predicted octanol–water partition coefficient (Wildman–Crippen LogP) is 2.05. The van der Waals surface area contributed by atoms with Gasteiger partial charge in [0, 0.05) is 5.69 Å². The predicted molar refractivity (Wildman–Crippen MR) is 92.4 cm³/mol. The zero-order valence-electron chi connectivity index (χ0n) is 12.8. The number of hydrogen-bond acceptors (Lipinski definition) is 5. The maximum atomic E-state index is 12.4. The SMILES string of the molecule is Cc1ccc(NC(=O)Cn2nc3c4sccc4ncn3c2=O)cc1. The van der Waals surface area contributed by atoms with Gasteiger partial charge in [-0.3, -0.25) is 4.79 Å². The molecule has 0 unspecified atom stereocenters. The number of anilines is 1. The fourth-order valence-corrected chi connectivity index (χ4v) is 3.27. The molecule has 0 radical (unpaired) electrons. The molecule has 0 atom stereocenters. The summed E-state index contributed by atoms with van der Waals surface area (Å²) in [6.07, 6.45) is 1.44. The lowest BCUT2D eigenvalue weighted by Gasteiger charge is -2.04. The molecule has 8 heteroatoms. The van der Waals surface area contributed by atoms with Crippen LogP contribution in [-0.2, 0) is 11.3 Å². The van der Waals surface area contributed by atoms with Crippen molar-refractivity contribution in [3.05, 3.63) is 58.1 Å². The molecular formula is C16H13N5O2S. The van der Waals surface area contributed by atoms with E-state index < -0.39 is 0 Å². The first kappa shape index (κ1) is 14.6. The Kier molecular flexibility index (Phi) is 3.39. The van der Waals surface area contributed by atoms with Gasteiger partial charge in [0.2, 0.25) is 5.91 Å². The molecule has 0 saturated heterocycles. The van der Waals surface area contributed by atoms with E-state index in [1.54, 1.807) is 0 Å². The normalized spacial score (nSPS) is 11.2. The van der Waals surface area contributed by atoms with E-state index in [4.69, 9.17) is 0 Å². The fraction of sp³-hybridized carbons (Fsp3) is 0.125. The smallest absolute Gasteiger partial charge is 0.324 e. The first-order valence-corrected chi connectivity index (χ1v) is 8.18. The molecule has 0 aliphatic carbocycles. The Balaban J connectivity index is 1.64. The topological polar surface area (TPSA) is 81.3 Å². The Labute approximate surface area is 140 Å². The number of nitrogens with zero attached hydrogens (tertiary/aromatic N) is 4. The van der Waals surface area contributed by atoms with Crippen LogP contribution in [0.15, 0.2) is 46.8 Å². The maximum absolute atomic E-state index is 12.4. The zero-order chi connectivity index (χ0) is 16.7. The zero-order valence-corrected chi connectivity index (χ0v) is 13.6. The van der Waals surface area contributed by atoms with E-state index in [2.05, 4.69) is 15.4 Å². The highest BCUT2D eigenvalue weighted by molar-refractivity contribution is 7.17. The van der Waals surface area contributed by atoms with Gasteiger partial charge in [-0.25, -0.2) is 18.9 Å². The van der Waals surface area contributed by atoms with Crippen LogP contribution in [0.5, 0.6) is 0 Å². The lowest BCUT2D eigenvalue weighted by molar-refractivity contribution is -0.117. The summed E-state index contributed by atoms with van der Waals surface area (Å²) in [5, 5.41) is 8.94. The Morgan fingerprint density at radius 2 is 2.04 bits per heavy atom. The fourth-order valence-electron chi connectivity index (χ4n) is 2.45. The molecule has 4 rings (SSSR count). The average Bonchev–Trinajstić information content (AvgIpc) is 3.15. The average molecular weight is 339 g/mol. The minimum absolute atomic E-state index is 0.152. The molecular weight excluding hydrogens is 326 g/mol. The van der Waals surface area contributed by atoms with Crippen LogP contribution in [0.1, 0.15) is 5.56 Å². The number of fused-ring (bicyclic) bond motifs is 3. The third-order valence-electron chi connectivity index (χ3n) is 3.66. The summed E-state index contributed by atoms with van der Waals surface area (Å²) in [6.45, 7) is 1.82. The number of aryl methyl sites for hydroxylation is 1. The van der Waals surface area contributed by atoms with E-state index in [0.29, 0.717) is 11.3 Å². The lowest BCUT2D eigenvalue weighted by Crippen LogP contribution is -2.28. The number of carbonyl (C=O) groups excluding carboxylic acids is 1. The van der Waals surface area contributed by atoms with Crippen molar-refractivity contribution in [2.24, 2.45) is 0 Å². The van der Waals surface area contributed by atoms with Crippen LogP contribution in [-0.4, -0.2) is 25.1 Å². The molecule has 120 valence electrons. The first-order valence-electron chi connectivity index (χ1n) is 7.30. The second kappa shape index (κ2) is 5.57. The quantitative estimate of drug-likeness (QED) is 0.619. The number of aromatic nitrogens is 4. The van der Waals surface area contributed by atoms with Crippen LogP contribution < -0.4 is 11.0 Å². The van der Waals surface area contributed by atoms with Gasteiger partial charge in [-0.05, 0) is 30.5 Å². The van der Waals surface area contributed by atoms with E-state index in [0.717, 1.165) is 20.5 Å². The third kappa shape index (κ3) is 2.46. The Morgan fingerprint density at radius 3 is 2.83 bits per heavy atom. The van der Waals surface area contributed by atoms with Crippen LogP contribution in [0.4, 0.5) is 5.69 Å². The van der Waals surface area contributed by atoms with Crippen molar-refractivity contribution in [1.82, 2.24) is 19.2 Å². The number of nitrogens with one attached hydrogen (secondary N) is 1. The van der Waals surface area contributed by atoms with Crippen molar-refractivity contribution < 1.29 is 4.79 Å². The largest absolute Gasteiger partial charge is 0.352 e.